The third-order valence-corrected chi connectivity index (χ3v) is 3.28. The zero-order valence-electron chi connectivity index (χ0n) is 9.65. The molecule has 0 aliphatic carbocycles. The van der Waals surface area contributed by atoms with Crippen LogP contribution in [0.15, 0.2) is 40.9 Å². The molecule has 98 valence electrons. The van der Waals surface area contributed by atoms with Crippen molar-refractivity contribution in [2.45, 2.75) is 0 Å². The summed E-state index contributed by atoms with van der Waals surface area (Å²) in [5, 5.41) is 12.3. The second-order valence-electron chi connectivity index (χ2n) is 3.85. The SMILES string of the molecule is Nc1cc(Br)ccc1NC(=O)c1cc(O)ccc1Cl. The van der Waals surface area contributed by atoms with Crippen LogP contribution < -0.4 is 11.1 Å². The van der Waals surface area contributed by atoms with E-state index in [0.29, 0.717) is 11.4 Å². The van der Waals surface area contributed by atoms with Crippen molar-refractivity contribution in [1.29, 1.82) is 0 Å². The number of anilines is 2. The van der Waals surface area contributed by atoms with Gasteiger partial charge in [-0.1, -0.05) is 27.5 Å². The highest BCUT2D eigenvalue weighted by molar-refractivity contribution is 9.10. The predicted octanol–water partition coefficient (Wildman–Crippen LogP) is 3.64. The molecule has 19 heavy (non-hydrogen) atoms. The van der Waals surface area contributed by atoms with E-state index in [-0.39, 0.29) is 16.3 Å². The third kappa shape index (κ3) is 3.19. The average molecular weight is 342 g/mol. The van der Waals surface area contributed by atoms with Gasteiger partial charge in [0.25, 0.3) is 5.91 Å². The molecule has 0 unspecified atom stereocenters. The second kappa shape index (κ2) is 5.50. The van der Waals surface area contributed by atoms with Crippen molar-refractivity contribution in [1.82, 2.24) is 0 Å². The van der Waals surface area contributed by atoms with Gasteiger partial charge >= 0.3 is 0 Å². The lowest BCUT2D eigenvalue weighted by atomic mass is 10.2. The fraction of sp³-hybridized carbons (Fsp3) is 0. The molecule has 0 bridgehead atoms. The molecule has 0 saturated carbocycles. The number of benzene rings is 2. The van der Waals surface area contributed by atoms with E-state index in [2.05, 4.69) is 21.2 Å². The summed E-state index contributed by atoms with van der Waals surface area (Å²) in [4.78, 5) is 12.1. The van der Waals surface area contributed by atoms with Crippen LogP contribution in [0.5, 0.6) is 5.75 Å². The molecule has 0 heterocycles. The highest BCUT2D eigenvalue weighted by Crippen LogP contribution is 2.26. The molecule has 0 fully saturated rings. The molecule has 0 aromatic heterocycles. The lowest BCUT2D eigenvalue weighted by Crippen LogP contribution is -2.13. The number of hydrogen-bond acceptors (Lipinski definition) is 3. The topological polar surface area (TPSA) is 75.3 Å². The molecule has 2 aromatic rings. The van der Waals surface area contributed by atoms with Gasteiger partial charge in [0.1, 0.15) is 5.75 Å². The minimum atomic E-state index is -0.435. The number of nitrogens with one attached hydrogen (secondary N) is 1. The number of rotatable bonds is 2. The van der Waals surface area contributed by atoms with Gasteiger partial charge in [0.2, 0.25) is 0 Å². The average Bonchev–Trinajstić information content (AvgIpc) is 2.35. The van der Waals surface area contributed by atoms with Crippen molar-refractivity contribution in [2.75, 3.05) is 11.1 Å². The van der Waals surface area contributed by atoms with E-state index in [4.69, 9.17) is 17.3 Å². The number of phenols is 1. The highest BCUT2D eigenvalue weighted by Gasteiger charge is 2.12. The van der Waals surface area contributed by atoms with E-state index in [1.54, 1.807) is 18.2 Å². The number of nitrogen functional groups attached to an aromatic ring is 1. The zero-order chi connectivity index (χ0) is 14.0. The fourth-order valence-electron chi connectivity index (χ4n) is 1.52. The Morgan fingerprint density at radius 2 is 2.00 bits per heavy atom. The summed E-state index contributed by atoms with van der Waals surface area (Å²) in [6.07, 6.45) is 0. The molecule has 0 spiro atoms. The Labute approximate surface area is 123 Å². The maximum absolute atomic E-state index is 12.1. The van der Waals surface area contributed by atoms with Crippen molar-refractivity contribution in [3.8, 4) is 5.75 Å². The summed E-state index contributed by atoms with van der Waals surface area (Å²) >= 11 is 9.19. The summed E-state index contributed by atoms with van der Waals surface area (Å²) in [6.45, 7) is 0. The summed E-state index contributed by atoms with van der Waals surface area (Å²) in [6, 6.07) is 9.28. The number of carbonyl (C=O) groups is 1. The van der Waals surface area contributed by atoms with Crippen LogP contribution in [0.25, 0.3) is 0 Å². The van der Waals surface area contributed by atoms with Crippen LogP contribution in [-0.4, -0.2) is 11.0 Å². The van der Waals surface area contributed by atoms with E-state index < -0.39 is 5.91 Å². The lowest BCUT2D eigenvalue weighted by molar-refractivity contribution is 0.102. The molecule has 0 atom stereocenters. The van der Waals surface area contributed by atoms with Crippen LogP contribution in [0.3, 0.4) is 0 Å². The first kappa shape index (κ1) is 13.7. The summed E-state index contributed by atoms with van der Waals surface area (Å²) in [5.41, 5.74) is 6.88. The molecule has 2 aromatic carbocycles. The molecular weight excluding hydrogens is 332 g/mol. The van der Waals surface area contributed by atoms with E-state index >= 15 is 0 Å². The Morgan fingerprint density at radius 1 is 1.26 bits per heavy atom. The maximum Gasteiger partial charge on any atom is 0.257 e. The minimum Gasteiger partial charge on any atom is -0.508 e. The standard InChI is InChI=1S/C13H10BrClN2O2/c14-7-1-4-12(11(16)5-7)17-13(19)9-6-8(18)2-3-10(9)15/h1-6,18H,16H2,(H,17,19). The van der Waals surface area contributed by atoms with Crippen molar-refractivity contribution in [3.63, 3.8) is 0 Å². The van der Waals surface area contributed by atoms with Crippen LogP contribution in [0.2, 0.25) is 5.02 Å². The number of carbonyl (C=O) groups excluding carboxylic acids is 1. The van der Waals surface area contributed by atoms with E-state index in [1.165, 1.54) is 18.2 Å². The van der Waals surface area contributed by atoms with E-state index in [1.807, 2.05) is 0 Å². The van der Waals surface area contributed by atoms with Crippen molar-refractivity contribution < 1.29 is 9.90 Å². The van der Waals surface area contributed by atoms with Crippen molar-refractivity contribution in [3.05, 3.63) is 51.5 Å². The van der Waals surface area contributed by atoms with Gasteiger partial charge in [-0.05, 0) is 36.4 Å². The van der Waals surface area contributed by atoms with Crippen LogP contribution >= 0.6 is 27.5 Å². The first-order valence-electron chi connectivity index (χ1n) is 5.32. The Balaban J connectivity index is 2.28. The molecule has 4 nitrogen and oxygen atoms in total. The third-order valence-electron chi connectivity index (χ3n) is 2.46. The normalized spacial score (nSPS) is 10.2. The van der Waals surface area contributed by atoms with Gasteiger partial charge < -0.3 is 16.2 Å². The van der Waals surface area contributed by atoms with E-state index in [9.17, 15) is 9.90 Å². The molecule has 0 saturated heterocycles. The second-order valence-corrected chi connectivity index (χ2v) is 5.17. The smallest absolute Gasteiger partial charge is 0.257 e. The molecule has 1 amide bonds. The summed E-state index contributed by atoms with van der Waals surface area (Å²) < 4.78 is 0.818. The maximum atomic E-state index is 12.1. The van der Waals surface area contributed by atoms with Crippen molar-refractivity contribution in [2.24, 2.45) is 0 Å². The van der Waals surface area contributed by atoms with Gasteiger partial charge in [-0.2, -0.15) is 0 Å². The van der Waals surface area contributed by atoms with Gasteiger partial charge in [-0.15, -0.1) is 0 Å². The lowest BCUT2D eigenvalue weighted by Gasteiger charge is -2.09. The fourth-order valence-corrected chi connectivity index (χ4v) is 2.11. The molecule has 2 rings (SSSR count). The first-order valence-corrected chi connectivity index (χ1v) is 6.49. The number of aromatic hydroxyl groups is 1. The molecule has 4 N–H and O–H groups in total. The van der Waals surface area contributed by atoms with Crippen LogP contribution in [0.4, 0.5) is 11.4 Å². The van der Waals surface area contributed by atoms with Crippen LogP contribution in [-0.2, 0) is 0 Å². The van der Waals surface area contributed by atoms with Crippen LogP contribution in [0.1, 0.15) is 10.4 Å². The predicted molar refractivity (Wildman–Crippen MR) is 79.6 cm³/mol. The Hall–Kier alpha value is -1.72. The minimum absolute atomic E-state index is 0.0293. The zero-order valence-corrected chi connectivity index (χ0v) is 12.0. The van der Waals surface area contributed by atoms with Gasteiger partial charge in [0, 0.05) is 4.47 Å². The number of halogens is 2. The Morgan fingerprint density at radius 3 is 2.68 bits per heavy atom. The summed E-state index contributed by atoms with van der Waals surface area (Å²) in [7, 11) is 0. The molecular formula is C13H10BrClN2O2. The Kier molecular flexibility index (Phi) is 3.97. The highest BCUT2D eigenvalue weighted by atomic mass is 79.9. The van der Waals surface area contributed by atoms with Crippen LogP contribution in [0, 0.1) is 0 Å². The monoisotopic (exact) mass is 340 g/mol. The van der Waals surface area contributed by atoms with Gasteiger partial charge in [0.05, 0.1) is 22.0 Å². The molecule has 0 aliphatic heterocycles. The van der Waals surface area contributed by atoms with Gasteiger partial charge in [-0.3, -0.25) is 4.79 Å². The number of phenolic OH excluding ortho intramolecular Hbond substituents is 1. The molecule has 0 radical (unpaired) electrons. The molecule has 6 heteroatoms. The van der Waals surface area contributed by atoms with Crippen molar-refractivity contribution >= 4 is 44.8 Å². The largest absolute Gasteiger partial charge is 0.508 e. The van der Waals surface area contributed by atoms with E-state index in [0.717, 1.165) is 4.47 Å². The first-order chi connectivity index (χ1) is 8.97. The number of nitrogens with two attached hydrogens (primary N) is 1. The molecule has 0 aliphatic rings. The van der Waals surface area contributed by atoms with Gasteiger partial charge in [0.15, 0.2) is 0 Å². The number of amides is 1. The summed E-state index contributed by atoms with van der Waals surface area (Å²) in [5.74, 6) is -0.465. The number of hydrogen-bond donors (Lipinski definition) is 3. The quantitative estimate of drug-likeness (QED) is 0.730. The van der Waals surface area contributed by atoms with Gasteiger partial charge in [-0.25, -0.2) is 0 Å². The Bertz CT molecular complexity index is 647.